The van der Waals surface area contributed by atoms with Crippen molar-refractivity contribution in [1.29, 1.82) is 0 Å². The molecule has 4 heteroatoms. The number of allylic oxidation sites excluding steroid dienone is 2. The predicted molar refractivity (Wildman–Crippen MR) is 133 cm³/mol. The summed E-state index contributed by atoms with van der Waals surface area (Å²) in [5.74, 6) is 0.136. The number of rotatable bonds is 6. The van der Waals surface area contributed by atoms with E-state index in [1.165, 1.54) is 42.4 Å². The van der Waals surface area contributed by atoms with E-state index in [-0.39, 0.29) is 6.42 Å². The molecule has 1 N–H and O–H groups in total. The zero-order valence-corrected chi connectivity index (χ0v) is 18.9. The standard InChI is InChI=1S/C29H28N2O2/c1-20-30-29-26(25-15-13-24(14-16-25)23-9-3-2-4-10-23)11-6-12-27(29)31(20)19-22-8-5-7-21(17-22)18-28(32)33/h5-9,11-17H,2-4,10,18-19H2,1H3,(H,32,33). The lowest BCUT2D eigenvalue weighted by molar-refractivity contribution is -0.136. The van der Waals surface area contributed by atoms with Crippen LogP contribution in [0.1, 0.15) is 48.2 Å². The summed E-state index contributed by atoms with van der Waals surface area (Å²) in [7, 11) is 0. The number of imidazole rings is 1. The van der Waals surface area contributed by atoms with E-state index in [2.05, 4.69) is 53.1 Å². The fourth-order valence-corrected chi connectivity index (χ4v) is 4.85. The number of aliphatic carboxylic acids is 1. The molecule has 33 heavy (non-hydrogen) atoms. The van der Waals surface area contributed by atoms with Crippen LogP contribution < -0.4 is 0 Å². The Morgan fingerprint density at radius 1 is 0.970 bits per heavy atom. The molecule has 0 atom stereocenters. The Morgan fingerprint density at radius 2 is 1.73 bits per heavy atom. The van der Waals surface area contributed by atoms with Gasteiger partial charge in [0.2, 0.25) is 0 Å². The fraction of sp³-hybridized carbons (Fsp3) is 0.241. The zero-order chi connectivity index (χ0) is 22.8. The molecule has 0 saturated heterocycles. The fourth-order valence-electron chi connectivity index (χ4n) is 4.85. The number of carboxylic acids is 1. The van der Waals surface area contributed by atoms with E-state index in [4.69, 9.17) is 10.1 Å². The van der Waals surface area contributed by atoms with Gasteiger partial charge in [0.15, 0.2) is 0 Å². The van der Waals surface area contributed by atoms with Gasteiger partial charge in [-0.2, -0.15) is 0 Å². The first-order valence-corrected chi connectivity index (χ1v) is 11.6. The number of hydrogen-bond donors (Lipinski definition) is 1. The number of aryl methyl sites for hydroxylation is 1. The molecule has 0 saturated carbocycles. The van der Waals surface area contributed by atoms with E-state index in [9.17, 15) is 4.79 Å². The minimum atomic E-state index is -0.813. The second-order valence-electron chi connectivity index (χ2n) is 8.86. The highest BCUT2D eigenvalue weighted by atomic mass is 16.4. The number of hydrogen-bond acceptors (Lipinski definition) is 2. The molecule has 0 radical (unpaired) electrons. The molecule has 1 heterocycles. The van der Waals surface area contributed by atoms with Gasteiger partial charge in [0, 0.05) is 12.1 Å². The summed E-state index contributed by atoms with van der Waals surface area (Å²) in [5.41, 5.74) is 9.09. The van der Waals surface area contributed by atoms with Crippen molar-refractivity contribution in [1.82, 2.24) is 9.55 Å². The van der Waals surface area contributed by atoms with Crippen molar-refractivity contribution in [2.75, 3.05) is 0 Å². The SMILES string of the molecule is Cc1nc2c(-c3ccc(C4=CCCCC4)cc3)cccc2n1Cc1cccc(CC(=O)O)c1. The smallest absolute Gasteiger partial charge is 0.307 e. The first-order valence-electron chi connectivity index (χ1n) is 11.6. The number of benzene rings is 3. The van der Waals surface area contributed by atoms with Crippen LogP contribution in [-0.2, 0) is 17.8 Å². The Morgan fingerprint density at radius 3 is 2.48 bits per heavy atom. The summed E-state index contributed by atoms with van der Waals surface area (Å²) < 4.78 is 2.21. The van der Waals surface area contributed by atoms with Crippen molar-refractivity contribution in [3.63, 3.8) is 0 Å². The van der Waals surface area contributed by atoms with Crippen LogP contribution in [0.4, 0.5) is 0 Å². The summed E-state index contributed by atoms with van der Waals surface area (Å²) in [6.45, 7) is 2.69. The summed E-state index contributed by atoms with van der Waals surface area (Å²) in [6, 6.07) is 23.1. The highest BCUT2D eigenvalue weighted by molar-refractivity contribution is 5.92. The van der Waals surface area contributed by atoms with E-state index < -0.39 is 5.97 Å². The van der Waals surface area contributed by atoms with Gasteiger partial charge in [-0.05, 0) is 66.5 Å². The monoisotopic (exact) mass is 436 g/mol. The molecule has 0 aliphatic heterocycles. The second kappa shape index (κ2) is 9.07. The third kappa shape index (κ3) is 4.47. The molecule has 0 amide bonds. The van der Waals surface area contributed by atoms with Crippen molar-refractivity contribution in [3.8, 4) is 11.1 Å². The van der Waals surface area contributed by atoms with Crippen LogP contribution in [0.3, 0.4) is 0 Å². The van der Waals surface area contributed by atoms with Crippen molar-refractivity contribution in [3.05, 3.63) is 95.3 Å². The van der Waals surface area contributed by atoms with E-state index in [1.54, 1.807) is 0 Å². The zero-order valence-electron chi connectivity index (χ0n) is 18.9. The summed E-state index contributed by atoms with van der Waals surface area (Å²) in [6.07, 6.45) is 7.36. The minimum Gasteiger partial charge on any atom is -0.481 e. The Hall–Kier alpha value is -3.66. The van der Waals surface area contributed by atoms with E-state index in [1.807, 2.05) is 31.2 Å². The average Bonchev–Trinajstić information content (AvgIpc) is 3.15. The van der Waals surface area contributed by atoms with Crippen LogP contribution in [0.5, 0.6) is 0 Å². The maximum absolute atomic E-state index is 11.1. The van der Waals surface area contributed by atoms with Gasteiger partial charge in [-0.25, -0.2) is 4.98 Å². The van der Waals surface area contributed by atoms with Crippen LogP contribution >= 0.6 is 0 Å². The molecule has 0 fully saturated rings. The maximum Gasteiger partial charge on any atom is 0.307 e. The molecule has 0 spiro atoms. The summed E-state index contributed by atoms with van der Waals surface area (Å²) >= 11 is 0. The largest absolute Gasteiger partial charge is 0.481 e. The van der Waals surface area contributed by atoms with Crippen LogP contribution in [0.15, 0.2) is 72.8 Å². The second-order valence-corrected chi connectivity index (χ2v) is 8.86. The quantitative estimate of drug-likeness (QED) is 0.368. The molecule has 1 aliphatic rings. The first kappa shape index (κ1) is 21.2. The first-order chi connectivity index (χ1) is 16.1. The van der Waals surface area contributed by atoms with Crippen LogP contribution in [0.2, 0.25) is 0 Å². The molecule has 4 nitrogen and oxygen atoms in total. The molecule has 0 bridgehead atoms. The van der Waals surface area contributed by atoms with Gasteiger partial charge < -0.3 is 9.67 Å². The van der Waals surface area contributed by atoms with E-state index in [0.717, 1.165) is 33.5 Å². The normalized spacial score (nSPS) is 13.8. The molecule has 4 aromatic rings. The van der Waals surface area contributed by atoms with Crippen molar-refractivity contribution >= 4 is 22.6 Å². The third-order valence-electron chi connectivity index (χ3n) is 6.51. The van der Waals surface area contributed by atoms with Gasteiger partial charge >= 0.3 is 5.97 Å². The van der Waals surface area contributed by atoms with E-state index >= 15 is 0 Å². The molecular formula is C29H28N2O2. The Bertz CT molecular complexity index is 1350. The highest BCUT2D eigenvalue weighted by Gasteiger charge is 2.14. The maximum atomic E-state index is 11.1. The number of carboxylic acid groups (broad SMARTS) is 1. The third-order valence-corrected chi connectivity index (χ3v) is 6.51. The molecule has 0 unspecified atom stereocenters. The van der Waals surface area contributed by atoms with E-state index in [0.29, 0.717) is 6.54 Å². The predicted octanol–water partition coefficient (Wildman–Crippen LogP) is 6.64. The van der Waals surface area contributed by atoms with Gasteiger partial charge in [-0.15, -0.1) is 0 Å². The molecule has 1 aliphatic carbocycles. The lowest BCUT2D eigenvalue weighted by atomic mass is 9.92. The van der Waals surface area contributed by atoms with Gasteiger partial charge in [-0.1, -0.05) is 66.7 Å². The molecule has 5 rings (SSSR count). The lowest BCUT2D eigenvalue weighted by Gasteiger charge is -2.13. The highest BCUT2D eigenvalue weighted by Crippen LogP contribution is 2.32. The Kier molecular flexibility index (Phi) is 5.82. The van der Waals surface area contributed by atoms with Gasteiger partial charge in [0.05, 0.1) is 17.5 Å². The molecule has 1 aromatic heterocycles. The van der Waals surface area contributed by atoms with Crippen molar-refractivity contribution in [2.45, 2.75) is 45.6 Å². The van der Waals surface area contributed by atoms with Crippen molar-refractivity contribution < 1.29 is 9.90 Å². The molecule has 166 valence electrons. The summed E-state index contributed by atoms with van der Waals surface area (Å²) in [5, 5.41) is 9.11. The van der Waals surface area contributed by atoms with Crippen LogP contribution in [0, 0.1) is 6.92 Å². The Balaban J connectivity index is 1.48. The number of nitrogens with zero attached hydrogens (tertiary/aromatic N) is 2. The number of fused-ring (bicyclic) bond motifs is 1. The minimum absolute atomic E-state index is 0.0363. The van der Waals surface area contributed by atoms with Crippen LogP contribution in [0.25, 0.3) is 27.7 Å². The van der Waals surface area contributed by atoms with Gasteiger partial charge in [0.25, 0.3) is 0 Å². The van der Waals surface area contributed by atoms with Gasteiger partial charge in [-0.3, -0.25) is 4.79 Å². The molecule has 3 aromatic carbocycles. The number of para-hydroxylation sites is 1. The van der Waals surface area contributed by atoms with Crippen LogP contribution in [-0.4, -0.2) is 20.6 Å². The Labute approximate surface area is 194 Å². The van der Waals surface area contributed by atoms with Crippen molar-refractivity contribution in [2.24, 2.45) is 0 Å². The molecular weight excluding hydrogens is 408 g/mol. The summed E-state index contributed by atoms with van der Waals surface area (Å²) in [4.78, 5) is 16.0. The van der Waals surface area contributed by atoms with Gasteiger partial charge in [0.1, 0.15) is 5.82 Å². The average molecular weight is 437 g/mol. The lowest BCUT2D eigenvalue weighted by Crippen LogP contribution is -2.04. The number of carbonyl (C=O) groups is 1. The number of aromatic nitrogens is 2. The topological polar surface area (TPSA) is 55.1 Å².